The summed E-state index contributed by atoms with van der Waals surface area (Å²) in [4.78, 5) is 51.4. The van der Waals surface area contributed by atoms with Crippen LogP contribution in [0, 0.1) is 0 Å². The average Bonchev–Trinajstić information content (AvgIpc) is 3.58. The second kappa shape index (κ2) is 59.3. The molecule has 6 unspecified atom stereocenters. The molecule has 1 aliphatic heterocycles. The van der Waals surface area contributed by atoms with Crippen LogP contribution in [-0.4, -0.2) is 89.2 Å². The maximum absolute atomic E-state index is 13.2. The molecule has 0 bridgehead atoms. The topological polar surface area (TPSA) is 175 Å². The molecule has 1 fully saturated rings. The number of carbonyl (C=O) groups excluding carboxylic acids is 3. The number of aliphatic hydroxyl groups excluding tert-OH is 2. The number of ether oxygens (including phenoxy) is 5. The highest BCUT2D eigenvalue weighted by Crippen LogP contribution is 2.27. The van der Waals surface area contributed by atoms with E-state index in [1.807, 2.05) is 0 Å². The zero-order valence-corrected chi connectivity index (χ0v) is 53.7. The summed E-state index contributed by atoms with van der Waals surface area (Å²) in [5.74, 6) is -3.09. The third-order valence-corrected chi connectivity index (χ3v) is 16.2. The van der Waals surface area contributed by atoms with Gasteiger partial charge in [0, 0.05) is 19.3 Å². The molecule has 0 spiro atoms. The standard InChI is InChI=1S/C71H128O12/c1-4-7-10-13-16-19-22-25-28-30-32-34-37-39-42-45-48-51-54-57-63(72)79-60-62(81-64(73)58-55-52-49-46-43-41-38-35-33-31-29-26-23-20-17-14-11-8-5-2)61-80-71-69(67(76)66(75)68(83-71)70(77)78)82-65(74)59-56-53-50-47-44-40-36-27-24-21-18-15-12-9-6-3/h16,19,25,28,32,34,62,66-69,71,75-76H,4-15,17-18,20-24,26-27,29-31,33,35-61H2,1-3H3,(H,77,78)/b19-16-,28-25-,34-32-. The largest absolute Gasteiger partial charge is 0.479 e. The number of aliphatic carboxylic acids is 1. The van der Waals surface area contributed by atoms with Crippen LogP contribution in [0.3, 0.4) is 0 Å². The first-order valence-corrected chi connectivity index (χ1v) is 35.0. The van der Waals surface area contributed by atoms with Crippen molar-refractivity contribution < 1.29 is 58.2 Å². The molecule has 6 atom stereocenters. The number of carboxylic acid groups (broad SMARTS) is 1. The molecule has 0 radical (unpaired) electrons. The molecule has 1 heterocycles. The van der Waals surface area contributed by atoms with Gasteiger partial charge in [0.1, 0.15) is 18.8 Å². The van der Waals surface area contributed by atoms with Gasteiger partial charge in [0.15, 0.2) is 24.6 Å². The van der Waals surface area contributed by atoms with Crippen molar-refractivity contribution in [3.63, 3.8) is 0 Å². The maximum atomic E-state index is 13.2. The Morgan fingerprint density at radius 3 is 1.12 bits per heavy atom. The van der Waals surface area contributed by atoms with E-state index in [-0.39, 0.29) is 25.9 Å². The molecule has 1 saturated heterocycles. The number of unbranched alkanes of at least 4 members (excludes halogenated alkanes) is 41. The summed E-state index contributed by atoms with van der Waals surface area (Å²) in [6.45, 7) is 6.03. The molecule has 0 aromatic heterocycles. The molecule has 0 amide bonds. The summed E-state index contributed by atoms with van der Waals surface area (Å²) >= 11 is 0. The first kappa shape index (κ1) is 78.0. The number of carboxylic acids is 1. The summed E-state index contributed by atoms with van der Waals surface area (Å²) in [7, 11) is 0. The lowest BCUT2D eigenvalue weighted by molar-refractivity contribution is -0.301. The number of aliphatic hydroxyl groups is 2. The van der Waals surface area contributed by atoms with Crippen LogP contribution in [0.4, 0.5) is 0 Å². The fourth-order valence-electron chi connectivity index (χ4n) is 10.8. The second-order valence-corrected chi connectivity index (χ2v) is 24.2. The van der Waals surface area contributed by atoms with Gasteiger partial charge in [-0.25, -0.2) is 4.79 Å². The van der Waals surface area contributed by atoms with Crippen LogP contribution >= 0.6 is 0 Å². The van der Waals surface area contributed by atoms with Gasteiger partial charge < -0.3 is 39.0 Å². The summed E-state index contributed by atoms with van der Waals surface area (Å²) in [6.07, 6.45) is 59.5. The highest BCUT2D eigenvalue weighted by molar-refractivity contribution is 5.74. The third kappa shape index (κ3) is 48.7. The number of carbonyl (C=O) groups is 4. The molecule has 12 heteroatoms. The minimum absolute atomic E-state index is 0.0656. The van der Waals surface area contributed by atoms with E-state index in [0.717, 1.165) is 89.9 Å². The number of esters is 3. The zero-order valence-electron chi connectivity index (χ0n) is 53.7. The Morgan fingerprint density at radius 2 is 0.723 bits per heavy atom. The predicted octanol–water partition coefficient (Wildman–Crippen LogP) is 19.1. The van der Waals surface area contributed by atoms with Crippen LogP contribution in [0.1, 0.15) is 342 Å². The maximum Gasteiger partial charge on any atom is 0.335 e. The van der Waals surface area contributed by atoms with E-state index in [4.69, 9.17) is 23.7 Å². The van der Waals surface area contributed by atoms with E-state index in [1.165, 1.54) is 193 Å². The zero-order chi connectivity index (χ0) is 60.3. The van der Waals surface area contributed by atoms with E-state index in [2.05, 4.69) is 57.2 Å². The van der Waals surface area contributed by atoms with Crippen LogP contribution in [0.5, 0.6) is 0 Å². The first-order chi connectivity index (χ1) is 40.6. The third-order valence-electron chi connectivity index (χ3n) is 16.2. The lowest BCUT2D eigenvalue weighted by atomic mass is 9.98. The smallest absolute Gasteiger partial charge is 0.335 e. The van der Waals surface area contributed by atoms with Crippen LogP contribution in [0.25, 0.3) is 0 Å². The molecule has 484 valence electrons. The van der Waals surface area contributed by atoms with Crippen LogP contribution < -0.4 is 0 Å². The van der Waals surface area contributed by atoms with Crippen molar-refractivity contribution in [2.24, 2.45) is 0 Å². The average molecular weight is 1170 g/mol. The SMILES string of the molecule is CCCCC/C=C\C/C=C\C/C=C\CCCCCCCCC(=O)OCC(COC1OC(C(=O)O)C(O)C(O)C1OC(=O)CCCCCCCCCCCCCCCCC)OC(=O)CCCCCCCCCCCCCCCCCCCCC. The van der Waals surface area contributed by atoms with Gasteiger partial charge in [-0.05, 0) is 57.8 Å². The van der Waals surface area contributed by atoms with Crippen molar-refractivity contribution in [3.8, 4) is 0 Å². The van der Waals surface area contributed by atoms with Crippen molar-refractivity contribution in [2.45, 2.75) is 379 Å². The first-order valence-electron chi connectivity index (χ1n) is 35.0. The van der Waals surface area contributed by atoms with E-state index in [1.54, 1.807) is 0 Å². The normalized spacial score (nSPS) is 17.7. The lowest BCUT2D eigenvalue weighted by Gasteiger charge is -2.40. The summed E-state index contributed by atoms with van der Waals surface area (Å²) in [6, 6.07) is 0. The summed E-state index contributed by atoms with van der Waals surface area (Å²) in [5, 5.41) is 31.6. The summed E-state index contributed by atoms with van der Waals surface area (Å²) in [5.41, 5.74) is 0. The molecule has 1 rings (SSSR count). The molecule has 83 heavy (non-hydrogen) atoms. The van der Waals surface area contributed by atoms with Crippen molar-refractivity contribution >= 4 is 23.9 Å². The molecule has 0 aromatic carbocycles. The van der Waals surface area contributed by atoms with Gasteiger partial charge >= 0.3 is 23.9 Å². The van der Waals surface area contributed by atoms with E-state index >= 15 is 0 Å². The van der Waals surface area contributed by atoms with Gasteiger partial charge in [-0.3, -0.25) is 14.4 Å². The lowest BCUT2D eigenvalue weighted by Crippen LogP contribution is -2.61. The molecular weight excluding hydrogens is 1040 g/mol. The highest BCUT2D eigenvalue weighted by Gasteiger charge is 2.50. The number of rotatable bonds is 61. The Balaban J connectivity index is 2.63. The number of hydrogen-bond acceptors (Lipinski definition) is 11. The van der Waals surface area contributed by atoms with Crippen molar-refractivity contribution in [3.05, 3.63) is 36.5 Å². The minimum Gasteiger partial charge on any atom is -0.479 e. The van der Waals surface area contributed by atoms with Gasteiger partial charge in [-0.2, -0.15) is 0 Å². The van der Waals surface area contributed by atoms with Crippen molar-refractivity contribution in [1.82, 2.24) is 0 Å². The van der Waals surface area contributed by atoms with Crippen molar-refractivity contribution in [1.29, 1.82) is 0 Å². The molecule has 3 N–H and O–H groups in total. The van der Waals surface area contributed by atoms with Crippen LogP contribution in [-0.2, 0) is 42.9 Å². The summed E-state index contributed by atoms with van der Waals surface area (Å²) < 4.78 is 28.6. The van der Waals surface area contributed by atoms with Gasteiger partial charge in [0.05, 0.1) is 6.61 Å². The molecule has 1 aliphatic rings. The van der Waals surface area contributed by atoms with E-state index < -0.39 is 67.3 Å². The highest BCUT2D eigenvalue weighted by atomic mass is 16.7. The Labute approximate surface area is 508 Å². The van der Waals surface area contributed by atoms with Gasteiger partial charge in [0.25, 0.3) is 0 Å². The molecular formula is C71H128O12. The van der Waals surface area contributed by atoms with Crippen molar-refractivity contribution in [2.75, 3.05) is 13.2 Å². The van der Waals surface area contributed by atoms with Crippen LogP contribution in [0.15, 0.2) is 36.5 Å². The molecule has 0 saturated carbocycles. The quantitative estimate of drug-likeness (QED) is 0.0228. The Hall–Kier alpha value is -3.06. The van der Waals surface area contributed by atoms with Gasteiger partial charge in [-0.15, -0.1) is 0 Å². The molecule has 0 aromatic rings. The minimum atomic E-state index is -1.90. The van der Waals surface area contributed by atoms with Gasteiger partial charge in [-0.1, -0.05) is 301 Å². The molecule has 12 nitrogen and oxygen atoms in total. The Morgan fingerprint density at radius 1 is 0.398 bits per heavy atom. The fourth-order valence-corrected chi connectivity index (χ4v) is 10.8. The van der Waals surface area contributed by atoms with Crippen LogP contribution in [0.2, 0.25) is 0 Å². The van der Waals surface area contributed by atoms with Gasteiger partial charge in [0.2, 0.25) is 0 Å². The van der Waals surface area contributed by atoms with E-state index in [0.29, 0.717) is 19.3 Å². The Bertz CT molecular complexity index is 1580. The monoisotopic (exact) mass is 1170 g/mol. The Kier molecular flexibility index (Phi) is 55.7. The second-order valence-electron chi connectivity index (χ2n) is 24.2. The number of allylic oxidation sites excluding steroid dienone is 6. The number of hydrogen-bond donors (Lipinski definition) is 3. The fraction of sp³-hybridized carbons (Fsp3) is 0.859. The van der Waals surface area contributed by atoms with E-state index in [9.17, 15) is 34.5 Å². The molecule has 0 aliphatic carbocycles. The predicted molar refractivity (Wildman–Crippen MR) is 340 cm³/mol.